The van der Waals surface area contributed by atoms with E-state index >= 15 is 0 Å². The van der Waals surface area contributed by atoms with Crippen molar-refractivity contribution in [3.63, 3.8) is 0 Å². The molecule has 0 bridgehead atoms. The highest BCUT2D eigenvalue weighted by molar-refractivity contribution is 6.18. The molecule has 0 spiro atoms. The molecule has 0 aromatic carbocycles. The van der Waals surface area contributed by atoms with Crippen LogP contribution in [0.15, 0.2) is 33.5 Å². The van der Waals surface area contributed by atoms with Crippen molar-refractivity contribution in [2.24, 2.45) is 9.98 Å². The van der Waals surface area contributed by atoms with Gasteiger partial charge in [0.2, 0.25) is 0 Å². The van der Waals surface area contributed by atoms with E-state index in [2.05, 4.69) is 22.8 Å². The summed E-state index contributed by atoms with van der Waals surface area (Å²) in [4.78, 5) is 16.3. The van der Waals surface area contributed by atoms with Crippen LogP contribution in [0.4, 0.5) is 0 Å². The van der Waals surface area contributed by atoms with Gasteiger partial charge >= 0.3 is 0 Å². The van der Waals surface area contributed by atoms with Crippen molar-refractivity contribution >= 4 is 12.4 Å². The molecule has 0 aliphatic carbocycles. The van der Waals surface area contributed by atoms with Crippen molar-refractivity contribution < 1.29 is 14.3 Å². The van der Waals surface area contributed by atoms with Crippen LogP contribution in [0.2, 0.25) is 0 Å². The molecule has 0 atom stereocenters. The third kappa shape index (κ3) is 4.66. The Balaban J connectivity index is 1.80. The van der Waals surface area contributed by atoms with E-state index in [-0.39, 0.29) is 0 Å². The van der Waals surface area contributed by atoms with Crippen molar-refractivity contribution in [3.8, 4) is 12.3 Å². The van der Waals surface area contributed by atoms with Crippen LogP contribution in [-0.4, -0.2) is 62.5 Å². The van der Waals surface area contributed by atoms with Gasteiger partial charge in [-0.05, 0) is 6.42 Å². The normalized spacial score (nSPS) is 16.5. The zero-order valence-electron chi connectivity index (χ0n) is 13.6. The minimum Gasteiger partial charge on any atom is -0.377 e. The number of hydroxylamine groups is 2. The molecule has 7 heteroatoms. The van der Waals surface area contributed by atoms with Gasteiger partial charge in [0.25, 0.3) is 0 Å². The van der Waals surface area contributed by atoms with Gasteiger partial charge in [0.05, 0.1) is 32.6 Å². The van der Waals surface area contributed by atoms with Gasteiger partial charge in [-0.15, -0.1) is 6.42 Å². The molecule has 2 aliphatic heterocycles. The van der Waals surface area contributed by atoms with Crippen LogP contribution in [0.25, 0.3) is 0 Å². The molecule has 0 saturated carbocycles. The Hall–Kier alpha value is -2.14. The van der Waals surface area contributed by atoms with E-state index in [0.29, 0.717) is 38.9 Å². The predicted molar refractivity (Wildman–Crippen MR) is 88.4 cm³/mol. The molecule has 23 heavy (non-hydrogen) atoms. The number of nitrogens with zero attached hydrogens (tertiary/aromatic N) is 4. The molecule has 0 radical (unpaired) electrons. The highest BCUT2D eigenvalue weighted by Gasteiger charge is 2.28. The Labute approximate surface area is 136 Å². The molecule has 0 amide bonds. The molecule has 0 saturated heterocycles. The van der Waals surface area contributed by atoms with Crippen molar-refractivity contribution in [1.82, 2.24) is 9.96 Å². The fourth-order valence-corrected chi connectivity index (χ4v) is 2.14. The first-order chi connectivity index (χ1) is 11.3. The average molecular weight is 318 g/mol. The van der Waals surface area contributed by atoms with Gasteiger partial charge in [0.1, 0.15) is 6.61 Å². The molecular weight excluding hydrogens is 296 g/mol. The van der Waals surface area contributed by atoms with Gasteiger partial charge in [-0.25, -0.2) is 15.0 Å². The zero-order valence-corrected chi connectivity index (χ0v) is 13.6. The summed E-state index contributed by atoms with van der Waals surface area (Å²) in [6, 6.07) is 0. The van der Waals surface area contributed by atoms with Gasteiger partial charge < -0.3 is 14.4 Å². The van der Waals surface area contributed by atoms with Crippen LogP contribution in [0, 0.1) is 12.3 Å². The maximum atomic E-state index is 5.77. The number of allylic oxidation sites excluding steroid dienone is 1. The summed E-state index contributed by atoms with van der Waals surface area (Å²) in [6.45, 7) is 4.25. The molecular formula is C16H22N4O3. The van der Waals surface area contributed by atoms with Crippen molar-refractivity contribution in [2.75, 3.05) is 40.1 Å². The lowest BCUT2D eigenvalue weighted by Crippen LogP contribution is -2.24. The SMILES string of the molecule is C#CCOCCOCCON1C=C(CC)N(C)C1=C1N=CC=N1. The molecule has 2 aliphatic rings. The number of aliphatic imine (C=N–C) groups is 2. The van der Waals surface area contributed by atoms with Crippen LogP contribution >= 0.6 is 0 Å². The third-order valence-corrected chi connectivity index (χ3v) is 3.26. The fraction of sp³-hybridized carbons (Fsp3) is 0.500. The topological polar surface area (TPSA) is 58.9 Å². The Morgan fingerprint density at radius 2 is 1.83 bits per heavy atom. The Morgan fingerprint density at radius 1 is 1.13 bits per heavy atom. The second kappa shape index (κ2) is 9.10. The Bertz CT molecular complexity index is 546. The summed E-state index contributed by atoms with van der Waals surface area (Å²) in [6.07, 6.45) is 11.3. The highest BCUT2D eigenvalue weighted by atomic mass is 16.7. The first kappa shape index (κ1) is 17.2. The van der Waals surface area contributed by atoms with Crippen molar-refractivity contribution in [1.29, 1.82) is 0 Å². The molecule has 0 unspecified atom stereocenters. The van der Waals surface area contributed by atoms with E-state index < -0.39 is 0 Å². The minimum absolute atomic E-state index is 0.308. The summed E-state index contributed by atoms with van der Waals surface area (Å²) < 4.78 is 10.5. The number of ether oxygens (including phenoxy) is 2. The smallest absolute Gasteiger partial charge is 0.196 e. The van der Waals surface area contributed by atoms with E-state index in [9.17, 15) is 0 Å². The summed E-state index contributed by atoms with van der Waals surface area (Å²) in [5.74, 6) is 3.85. The largest absolute Gasteiger partial charge is 0.377 e. The van der Waals surface area contributed by atoms with Crippen molar-refractivity contribution in [3.05, 3.63) is 23.5 Å². The Kier molecular flexibility index (Phi) is 6.81. The van der Waals surface area contributed by atoms with Crippen LogP contribution < -0.4 is 0 Å². The van der Waals surface area contributed by atoms with Crippen LogP contribution in [0.1, 0.15) is 13.3 Å². The minimum atomic E-state index is 0.308. The van der Waals surface area contributed by atoms with E-state index in [4.69, 9.17) is 20.7 Å². The summed E-state index contributed by atoms with van der Waals surface area (Å²) >= 11 is 0. The van der Waals surface area contributed by atoms with E-state index in [0.717, 1.165) is 17.9 Å². The molecule has 2 heterocycles. The van der Waals surface area contributed by atoms with E-state index in [1.54, 1.807) is 17.5 Å². The second-order valence-electron chi connectivity index (χ2n) is 4.76. The lowest BCUT2D eigenvalue weighted by molar-refractivity contribution is -0.116. The number of hydrogen-bond donors (Lipinski definition) is 0. The summed E-state index contributed by atoms with van der Waals surface area (Å²) in [7, 11) is 1.98. The second-order valence-corrected chi connectivity index (χ2v) is 4.76. The van der Waals surface area contributed by atoms with Crippen molar-refractivity contribution in [2.45, 2.75) is 13.3 Å². The number of rotatable bonds is 9. The highest BCUT2D eigenvalue weighted by Crippen LogP contribution is 2.30. The van der Waals surface area contributed by atoms with Gasteiger partial charge in [0.15, 0.2) is 11.6 Å². The fourth-order valence-electron chi connectivity index (χ4n) is 2.14. The first-order valence-electron chi connectivity index (χ1n) is 7.54. The lowest BCUT2D eigenvalue weighted by atomic mass is 10.3. The van der Waals surface area contributed by atoms with E-state index in [1.165, 1.54) is 0 Å². The maximum absolute atomic E-state index is 5.77. The lowest BCUT2D eigenvalue weighted by Gasteiger charge is -2.22. The number of hydrogen-bond acceptors (Lipinski definition) is 7. The predicted octanol–water partition coefficient (Wildman–Crippen LogP) is 1.37. The summed E-state index contributed by atoms with van der Waals surface area (Å²) in [5.41, 5.74) is 1.13. The molecule has 0 fully saturated rings. The average Bonchev–Trinajstić information content (AvgIpc) is 3.17. The zero-order chi connectivity index (χ0) is 16.5. The van der Waals surface area contributed by atoms with Gasteiger partial charge in [-0.3, -0.25) is 4.84 Å². The maximum Gasteiger partial charge on any atom is 0.196 e. The monoisotopic (exact) mass is 318 g/mol. The van der Waals surface area contributed by atoms with Gasteiger partial charge in [-0.1, -0.05) is 12.8 Å². The third-order valence-electron chi connectivity index (χ3n) is 3.26. The summed E-state index contributed by atoms with van der Waals surface area (Å²) in [5, 5.41) is 1.70. The molecule has 0 N–H and O–H groups in total. The van der Waals surface area contributed by atoms with E-state index in [1.807, 2.05) is 18.1 Å². The molecule has 0 aromatic rings. The van der Waals surface area contributed by atoms with Gasteiger partial charge in [0, 0.05) is 25.2 Å². The molecule has 124 valence electrons. The molecule has 0 aromatic heterocycles. The molecule has 2 rings (SSSR count). The van der Waals surface area contributed by atoms with Crippen LogP contribution in [0.3, 0.4) is 0 Å². The van der Waals surface area contributed by atoms with Gasteiger partial charge in [-0.2, -0.15) is 0 Å². The molecule has 7 nitrogen and oxygen atoms in total. The first-order valence-corrected chi connectivity index (χ1v) is 7.54. The van der Waals surface area contributed by atoms with Crippen LogP contribution in [-0.2, 0) is 14.3 Å². The quantitative estimate of drug-likeness (QED) is 0.475. The Morgan fingerprint density at radius 3 is 2.52 bits per heavy atom. The van der Waals surface area contributed by atoms with Crippen LogP contribution in [0.5, 0.6) is 0 Å². The standard InChI is InChI=1S/C16H22N4O3/c1-4-8-21-9-10-22-11-12-23-20-13-14(5-2)19(3)16(20)15-17-6-7-18-15/h1,6-7,13H,5,8-12H2,2-3H3. The number of terminal acetylenes is 1.